The number of hydrogen-bond acceptors (Lipinski definition) is 2. The summed E-state index contributed by atoms with van der Waals surface area (Å²) in [6.45, 7) is 6.31. The van der Waals surface area contributed by atoms with Crippen LogP contribution in [0.15, 0.2) is 24.3 Å². The summed E-state index contributed by atoms with van der Waals surface area (Å²) in [6, 6.07) is 7.98. The fraction of sp³-hybridized carbons (Fsp3) is 0.600. The molecule has 0 amide bonds. The Kier molecular flexibility index (Phi) is 5.04. The van der Waals surface area contributed by atoms with E-state index in [0.29, 0.717) is 12.0 Å². The van der Waals surface area contributed by atoms with Gasteiger partial charge in [-0.15, -0.1) is 0 Å². The summed E-state index contributed by atoms with van der Waals surface area (Å²) in [7, 11) is 0. The molecule has 1 aliphatic rings. The van der Waals surface area contributed by atoms with Gasteiger partial charge in [-0.25, -0.2) is 0 Å². The first-order valence-electron chi connectivity index (χ1n) is 6.86. The van der Waals surface area contributed by atoms with Crippen molar-refractivity contribution in [3.63, 3.8) is 0 Å². The van der Waals surface area contributed by atoms with Crippen LogP contribution in [0.1, 0.15) is 38.4 Å². The zero-order chi connectivity index (χ0) is 13.0. The van der Waals surface area contributed by atoms with Gasteiger partial charge < -0.3 is 10.1 Å². The standard InChI is InChI=1S/C15H22ClNO/c1-3-11(4-2)14-9-17-10-15(18-14)12-6-5-7-13(16)8-12/h5-8,11,14-15,17H,3-4,9-10H2,1-2H3. The molecule has 0 spiro atoms. The third-order valence-electron chi connectivity index (χ3n) is 3.81. The topological polar surface area (TPSA) is 21.3 Å². The molecule has 1 aromatic carbocycles. The van der Waals surface area contributed by atoms with E-state index in [0.717, 1.165) is 18.1 Å². The Morgan fingerprint density at radius 3 is 2.78 bits per heavy atom. The van der Waals surface area contributed by atoms with Crippen molar-refractivity contribution in [3.05, 3.63) is 34.9 Å². The Balaban J connectivity index is 2.06. The van der Waals surface area contributed by atoms with Crippen LogP contribution < -0.4 is 5.32 Å². The Hall–Kier alpha value is -0.570. The second-order valence-electron chi connectivity index (χ2n) is 4.95. The molecule has 18 heavy (non-hydrogen) atoms. The summed E-state index contributed by atoms with van der Waals surface area (Å²) in [4.78, 5) is 0. The molecule has 1 saturated heterocycles. The van der Waals surface area contributed by atoms with Crippen LogP contribution in [0.4, 0.5) is 0 Å². The van der Waals surface area contributed by atoms with Crippen molar-refractivity contribution < 1.29 is 4.74 Å². The van der Waals surface area contributed by atoms with Crippen molar-refractivity contribution in [2.45, 2.75) is 38.9 Å². The second kappa shape index (κ2) is 6.55. The molecule has 100 valence electrons. The highest BCUT2D eigenvalue weighted by Crippen LogP contribution is 2.28. The predicted octanol–water partition coefficient (Wildman–Crippen LogP) is 3.81. The number of halogens is 1. The van der Waals surface area contributed by atoms with Crippen LogP contribution in [-0.4, -0.2) is 19.2 Å². The molecule has 0 bridgehead atoms. The lowest BCUT2D eigenvalue weighted by Gasteiger charge is -2.35. The highest BCUT2D eigenvalue weighted by molar-refractivity contribution is 6.30. The molecule has 2 rings (SSSR count). The van der Waals surface area contributed by atoms with Crippen LogP contribution in [0.5, 0.6) is 0 Å². The van der Waals surface area contributed by atoms with Crippen LogP contribution in [0, 0.1) is 5.92 Å². The fourth-order valence-corrected chi connectivity index (χ4v) is 2.86. The molecule has 0 saturated carbocycles. The molecule has 2 atom stereocenters. The molecule has 0 aliphatic carbocycles. The smallest absolute Gasteiger partial charge is 0.0954 e. The van der Waals surface area contributed by atoms with Crippen LogP contribution >= 0.6 is 11.6 Å². The lowest BCUT2D eigenvalue weighted by Crippen LogP contribution is -2.44. The molecular formula is C15H22ClNO. The summed E-state index contributed by atoms with van der Waals surface area (Å²) >= 11 is 6.04. The number of morpholine rings is 1. The minimum absolute atomic E-state index is 0.128. The molecule has 2 unspecified atom stereocenters. The van der Waals surface area contributed by atoms with Crippen LogP contribution in [0.25, 0.3) is 0 Å². The van der Waals surface area contributed by atoms with Gasteiger partial charge in [-0.3, -0.25) is 0 Å². The summed E-state index contributed by atoms with van der Waals surface area (Å²) in [5, 5.41) is 4.26. The van der Waals surface area contributed by atoms with Crippen LogP contribution in [-0.2, 0) is 4.74 Å². The van der Waals surface area contributed by atoms with Gasteiger partial charge in [0.1, 0.15) is 0 Å². The SMILES string of the molecule is CCC(CC)C1CNCC(c2cccc(Cl)c2)O1. The van der Waals surface area contributed by atoms with E-state index in [9.17, 15) is 0 Å². The normalized spacial score (nSPS) is 24.4. The van der Waals surface area contributed by atoms with E-state index >= 15 is 0 Å². The van der Waals surface area contributed by atoms with E-state index in [4.69, 9.17) is 16.3 Å². The van der Waals surface area contributed by atoms with Gasteiger partial charge in [0.25, 0.3) is 0 Å². The zero-order valence-corrected chi connectivity index (χ0v) is 11.9. The second-order valence-corrected chi connectivity index (χ2v) is 5.39. The number of ether oxygens (including phenoxy) is 1. The highest BCUT2D eigenvalue weighted by Gasteiger charge is 2.27. The molecule has 0 aromatic heterocycles. The van der Waals surface area contributed by atoms with Gasteiger partial charge in [0.2, 0.25) is 0 Å². The molecule has 1 aliphatic heterocycles. The molecule has 1 heterocycles. The van der Waals surface area contributed by atoms with Crippen molar-refractivity contribution in [1.82, 2.24) is 5.32 Å². The summed E-state index contributed by atoms with van der Waals surface area (Å²) in [6.07, 6.45) is 2.79. The fourth-order valence-electron chi connectivity index (χ4n) is 2.66. The first-order valence-corrected chi connectivity index (χ1v) is 7.24. The average molecular weight is 268 g/mol. The monoisotopic (exact) mass is 267 g/mol. The number of benzene rings is 1. The van der Waals surface area contributed by atoms with Crippen LogP contribution in [0.3, 0.4) is 0 Å². The van der Waals surface area contributed by atoms with E-state index in [-0.39, 0.29) is 6.10 Å². The van der Waals surface area contributed by atoms with E-state index in [1.54, 1.807) is 0 Å². The Morgan fingerprint density at radius 2 is 2.11 bits per heavy atom. The van der Waals surface area contributed by atoms with Crippen molar-refractivity contribution in [2.75, 3.05) is 13.1 Å². The average Bonchev–Trinajstić information content (AvgIpc) is 2.41. The Labute approximate surface area is 115 Å². The minimum atomic E-state index is 0.128. The molecule has 1 fully saturated rings. The quantitative estimate of drug-likeness (QED) is 0.896. The summed E-state index contributed by atoms with van der Waals surface area (Å²) in [5.41, 5.74) is 1.17. The van der Waals surface area contributed by atoms with Gasteiger partial charge >= 0.3 is 0 Å². The maximum absolute atomic E-state index is 6.25. The third kappa shape index (κ3) is 3.25. The van der Waals surface area contributed by atoms with Crippen molar-refractivity contribution in [3.8, 4) is 0 Å². The molecular weight excluding hydrogens is 246 g/mol. The largest absolute Gasteiger partial charge is 0.367 e. The van der Waals surface area contributed by atoms with Crippen molar-refractivity contribution >= 4 is 11.6 Å². The van der Waals surface area contributed by atoms with Gasteiger partial charge in [0, 0.05) is 18.1 Å². The van der Waals surface area contributed by atoms with E-state index in [2.05, 4.69) is 25.2 Å². The lowest BCUT2D eigenvalue weighted by atomic mass is 9.94. The summed E-state index contributed by atoms with van der Waals surface area (Å²) < 4.78 is 6.25. The van der Waals surface area contributed by atoms with Gasteiger partial charge in [0.05, 0.1) is 12.2 Å². The van der Waals surface area contributed by atoms with Crippen molar-refractivity contribution in [2.24, 2.45) is 5.92 Å². The van der Waals surface area contributed by atoms with Gasteiger partial charge in [-0.05, 0) is 23.6 Å². The first kappa shape index (κ1) is 13.9. The zero-order valence-electron chi connectivity index (χ0n) is 11.2. The molecule has 1 N–H and O–H groups in total. The molecule has 2 nitrogen and oxygen atoms in total. The van der Waals surface area contributed by atoms with Gasteiger partial charge in [0.15, 0.2) is 0 Å². The van der Waals surface area contributed by atoms with Gasteiger partial charge in [-0.2, -0.15) is 0 Å². The van der Waals surface area contributed by atoms with E-state index in [1.165, 1.54) is 18.4 Å². The minimum Gasteiger partial charge on any atom is -0.367 e. The third-order valence-corrected chi connectivity index (χ3v) is 4.04. The number of nitrogens with one attached hydrogen (secondary N) is 1. The highest BCUT2D eigenvalue weighted by atomic mass is 35.5. The number of rotatable bonds is 4. The summed E-state index contributed by atoms with van der Waals surface area (Å²) in [5.74, 6) is 0.638. The maximum Gasteiger partial charge on any atom is 0.0954 e. The van der Waals surface area contributed by atoms with Crippen LogP contribution in [0.2, 0.25) is 5.02 Å². The van der Waals surface area contributed by atoms with E-state index < -0.39 is 0 Å². The van der Waals surface area contributed by atoms with Gasteiger partial charge in [-0.1, -0.05) is 50.4 Å². The molecule has 1 aromatic rings. The number of hydrogen-bond donors (Lipinski definition) is 1. The van der Waals surface area contributed by atoms with E-state index in [1.807, 2.05) is 18.2 Å². The predicted molar refractivity (Wildman–Crippen MR) is 76.0 cm³/mol. The maximum atomic E-state index is 6.25. The van der Waals surface area contributed by atoms with Crippen molar-refractivity contribution in [1.29, 1.82) is 0 Å². The Bertz CT molecular complexity index is 379. The Morgan fingerprint density at radius 1 is 1.33 bits per heavy atom. The molecule has 3 heteroatoms. The lowest BCUT2D eigenvalue weighted by molar-refractivity contribution is -0.0688. The first-order chi connectivity index (χ1) is 8.74. The molecule has 0 radical (unpaired) electrons.